The van der Waals surface area contributed by atoms with Crippen molar-refractivity contribution in [1.29, 1.82) is 0 Å². The summed E-state index contributed by atoms with van der Waals surface area (Å²) in [4.78, 5) is 24.5. The number of carboxylic acid groups (broad SMARTS) is 1. The van der Waals surface area contributed by atoms with Crippen molar-refractivity contribution in [2.75, 3.05) is 21.3 Å². The first-order valence-corrected chi connectivity index (χ1v) is 6.20. The zero-order valence-electron chi connectivity index (χ0n) is 11.6. The molecule has 0 aromatic heterocycles. The van der Waals surface area contributed by atoms with Crippen molar-refractivity contribution in [1.82, 2.24) is 4.90 Å². The van der Waals surface area contributed by atoms with Gasteiger partial charge in [0.15, 0.2) is 11.5 Å². The van der Waals surface area contributed by atoms with E-state index in [1.54, 1.807) is 25.2 Å². The summed E-state index contributed by atoms with van der Waals surface area (Å²) in [6.07, 6.45) is 0.0187. The van der Waals surface area contributed by atoms with Crippen LogP contribution < -0.4 is 9.47 Å². The van der Waals surface area contributed by atoms with E-state index >= 15 is 0 Å². The summed E-state index contributed by atoms with van der Waals surface area (Å²) in [6.45, 7) is 0. The number of likely N-dealkylation sites (tertiary alicyclic amines) is 1. The molecule has 6 nitrogen and oxygen atoms in total. The highest BCUT2D eigenvalue weighted by atomic mass is 16.5. The van der Waals surface area contributed by atoms with Gasteiger partial charge < -0.3 is 19.5 Å². The van der Waals surface area contributed by atoms with E-state index in [2.05, 4.69) is 0 Å². The third-order valence-corrected chi connectivity index (χ3v) is 3.65. The highest BCUT2D eigenvalue weighted by molar-refractivity contribution is 5.87. The van der Waals surface area contributed by atoms with Gasteiger partial charge in [0.05, 0.1) is 26.2 Å². The predicted molar refractivity (Wildman–Crippen MR) is 70.8 cm³/mol. The van der Waals surface area contributed by atoms with Crippen LogP contribution in [0.3, 0.4) is 0 Å². The van der Waals surface area contributed by atoms with E-state index in [-0.39, 0.29) is 12.3 Å². The van der Waals surface area contributed by atoms with Crippen molar-refractivity contribution in [3.8, 4) is 11.5 Å². The van der Waals surface area contributed by atoms with Crippen molar-refractivity contribution in [2.24, 2.45) is 5.92 Å². The Labute approximate surface area is 116 Å². The number of ether oxygens (including phenoxy) is 2. The van der Waals surface area contributed by atoms with Gasteiger partial charge in [0.25, 0.3) is 0 Å². The van der Waals surface area contributed by atoms with E-state index in [0.717, 1.165) is 5.56 Å². The lowest BCUT2D eigenvalue weighted by atomic mass is 9.93. The molecule has 1 saturated heterocycles. The number of methoxy groups -OCH3 is 2. The Bertz CT molecular complexity index is 542. The van der Waals surface area contributed by atoms with Crippen LogP contribution in [0, 0.1) is 5.92 Å². The zero-order chi connectivity index (χ0) is 14.9. The minimum Gasteiger partial charge on any atom is -0.493 e. The summed E-state index contributed by atoms with van der Waals surface area (Å²) < 4.78 is 10.4. The number of carbonyl (C=O) groups is 2. The van der Waals surface area contributed by atoms with Crippen molar-refractivity contribution in [2.45, 2.75) is 12.5 Å². The molecule has 0 bridgehead atoms. The quantitative estimate of drug-likeness (QED) is 0.899. The largest absolute Gasteiger partial charge is 0.493 e. The van der Waals surface area contributed by atoms with Crippen LogP contribution in [0.15, 0.2) is 18.2 Å². The molecule has 1 aliphatic heterocycles. The number of carboxylic acids is 1. The Morgan fingerprint density at radius 3 is 2.50 bits per heavy atom. The van der Waals surface area contributed by atoms with Gasteiger partial charge in [-0.3, -0.25) is 9.59 Å². The highest BCUT2D eigenvalue weighted by Crippen LogP contribution is 2.40. The lowest BCUT2D eigenvalue weighted by molar-refractivity contribution is -0.142. The van der Waals surface area contributed by atoms with Gasteiger partial charge in [-0.25, -0.2) is 0 Å². The molecular formula is C14H17NO5. The molecule has 2 atom stereocenters. The fraction of sp³-hybridized carbons (Fsp3) is 0.429. The molecule has 1 heterocycles. The molecule has 20 heavy (non-hydrogen) atoms. The third kappa shape index (κ3) is 2.29. The summed E-state index contributed by atoms with van der Waals surface area (Å²) in [5.41, 5.74) is 0.725. The molecule has 1 fully saturated rings. The van der Waals surface area contributed by atoms with Gasteiger partial charge in [-0.1, -0.05) is 6.07 Å². The number of amides is 1. The number of carbonyl (C=O) groups excluding carboxylic acids is 1. The molecule has 1 N–H and O–H groups in total. The zero-order valence-corrected chi connectivity index (χ0v) is 11.6. The second-order valence-corrected chi connectivity index (χ2v) is 4.71. The van der Waals surface area contributed by atoms with Gasteiger partial charge in [-0.15, -0.1) is 0 Å². The second-order valence-electron chi connectivity index (χ2n) is 4.71. The van der Waals surface area contributed by atoms with Gasteiger partial charge >= 0.3 is 5.97 Å². The van der Waals surface area contributed by atoms with E-state index in [4.69, 9.17) is 9.47 Å². The first kappa shape index (κ1) is 14.2. The molecule has 1 amide bonds. The van der Waals surface area contributed by atoms with E-state index in [0.29, 0.717) is 11.5 Å². The van der Waals surface area contributed by atoms with Crippen LogP contribution in [0.1, 0.15) is 18.0 Å². The summed E-state index contributed by atoms with van der Waals surface area (Å²) in [5, 5.41) is 9.27. The Hall–Kier alpha value is -2.24. The maximum Gasteiger partial charge on any atom is 0.309 e. The van der Waals surface area contributed by atoms with Crippen LogP contribution in [0.25, 0.3) is 0 Å². The number of rotatable bonds is 4. The molecule has 0 spiro atoms. The Kier molecular flexibility index (Phi) is 3.83. The normalized spacial score (nSPS) is 21.9. The SMILES string of the molecule is COc1ccc([C@@H]2[C@@H](C(=O)O)CC(=O)N2C)cc1OC. The number of hydrogen-bond acceptors (Lipinski definition) is 4. The summed E-state index contributed by atoms with van der Waals surface area (Å²) >= 11 is 0. The first-order valence-electron chi connectivity index (χ1n) is 6.20. The standard InChI is InChI=1S/C14H17NO5/c1-15-12(16)7-9(14(17)18)13(15)8-4-5-10(19-2)11(6-8)20-3/h4-6,9,13H,7H2,1-3H3,(H,17,18)/t9-,13+/m0/s1. The Morgan fingerprint density at radius 1 is 1.30 bits per heavy atom. The highest BCUT2D eigenvalue weighted by Gasteiger charge is 2.43. The first-order chi connectivity index (χ1) is 9.49. The average Bonchev–Trinajstić information content (AvgIpc) is 2.74. The molecule has 0 unspecified atom stereocenters. The van der Waals surface area contributed by atoms with Crippen molar-refractivity contribution in [3.05, 3.63) is 23.8 Å². The van der Waals surface area contributed by atoms with E-state index in [1.807, 2.05) is 0 Å². The average molecular weight is 279 g/mol. The molecule has 0 radical (unpaired) electrons. The molecule has 1 aromatic carbocycles. The predicted octanol–water partition coefficient (Wildman–Crippen LogP) is 1.31. The topological polar surface area (TPSA) is 76.1 Å². The van der Waals surface area contributed by atoms with Crippen LogP contribution in [0.2, 0.25) is 0 Å². The molecule has 6 heteroatoms. The van der Waals surface area contributed by atoms with Crippen molar-refractivity contribution >= 4 is 11.9 Å². The molecular weight excluding hydrogens is 262 g/mol. The molecule has 2 rings (SSSR count). The van der Waals surface area contributed by atoms with E-state index in [1.165, 1.54) is 19.1 Å². The molecule has 1 aliphatic rings. The number of nitrogens with zero attached hydrogens (tertiary/aromatic N) is 1. The van der Waals surface area contributed by atoms with Crippen LogP contribution in [0.5, 0.6) is 11.5 Å². The second kappa shape index (κ2) is 5.40. The fourth-order valence-corrected chi connectivity index (χ4v) is 2.58. The summed E-state index contributed by atoms with van der Waals surface area (Å²) in [5.74, 6) is -0.803. The van der Waals surface area contributed by atoms with Crippen LogP contribution >= 0.6 is 0 Å². The van der Waals surface area contributed by atoms with E-state index in [9.17, 15) is 14.7 Å². The third-order valence-electron chi connectivity index (χ3n) is 3.65. The molecule has 1 aromatic rings. The summed E-state index contributed by atoms with van der Waals surface area (Å²) in [7, 11) is 4.66. The van der Waals surface area contributed by atoms with Gasteiger partial charge in [0, 0.05) is 13.5 Å². The maximum atomic E-state index is 11.8. The van der Waals surface area contributed by atoms with Gasteiger partial charge in [-0.2, -0.15) is 0 Å². The van der Waals surface area contributed by atoms with Gasteiger partial charge in [0.2, 0.25) is 5.91 Å². The van der Waals surface area contributed by atoms with E-state index < -0.39 is 17.9 Å². The van der Waals surface area contributed by atoms with Gasteiger partial charge in [0.1, 0.15) is 0 Å². The number of hydrogen-bond donors (Lipinski definition) is 1. The van der Waals surface area contributed by atoms with Crippen LogP contribution in [-0.4, -0.2) is 43.2 Å². The Morgan fingerprint density at radius 2 is 1.95 bits per heavy atom. The number of aliphatic carboxylic acids is 1. The molecule has 108 valence electrons. The monoisotopic (exact) mass is 279 g/mol. The van der Waals surface area contributed by atoms with Crippen molar-refractivity contribution in [3.63, 3.8) is 0 Å². The maximum absolute atomic E-state index is 11.8. The lowest BCUT2D eigenvalue weighted by Crippen LogP contribution is -2.26. The smallest absolute Gasteiger partial charge is 0.309 e. The Balaban J connectivity index is 2.43. The molecule has 0 aliphatic carbocycles. The number of benzene rings is 1. The van der Waals surface area contributed by atoms with Gasteiger partial charge in [-0.05, 0) is 17.7 Å². The van der Waals surface area contributed by atoms with Crippen LogP contribution in [-0.2, 0) is 9.59 Å². The molecule has 0 saturated carbocycles. The summed E-state index contributed by atoms with van der Waals surface area (Å²) in [6, 6.07) is 4.70. The van der Waals surface area contributed by atoms with Crippen molar-refractivity contribution < 1.29 is 24.2 Å². The fourth-order valence-electron chi connectivity index (χ4n) is 2.58. The minimum atomic E-state index is -0.970. The van der Waals surface area contributed by atoms with Crippen LogP contribution in [0.4, 0.5) is 0 Å². The lowest BCUT2D eigenvalue weighted by Gasteiger charge is -2.24. The minimum absolute atomic E-state index is 0.0187.